The van der Waals surface area contributed by atoms with Gasteiger partial charge in [-0.1, -0.05) is 30.4 Å². The van der Waals surface area contributed by atoms with Crippen molar-refractivity contribution in [3.63, 3.8) is 0 Å². The molecule has 1 aliphatic rings. The number of esters is 1. The van der Waals surface area contributed by atoms with Gasteiger partial charge in [0.15, 0.2) is 0 Å². The fourth-order valence-corrected chi connectivity index (χ4v) is 1.81. The first kappa shape index (κ1) is 10.9. The maximum atomic E-state index is 11.5. The van der Waals surface area contributed by atoms with Crippen molar-refractivity contribution in [3.05, 3.63) is 42.0 Å². The van der Waals surface area contributed by atoms with Crippen molar-refractivity contribution >= 4 is 5.97 Å². The van der Waals surface area contributed by atoms with Gasteiger partial charge in [0.2, 0.25) is 0 Å². The van der Waals surface area contributed by atoms with E-state index in [0.29, 0.717) is 12.2 Å². The average molecular weight is 216 g/mol. The Kier molecular flexibility index (Phi) is 3.76. The highest BCUT2D eigenvalue weighted by Gasteiger charge is 2.08. The predicted octanol–water partition coefficient (Wildman–Crippen LogP) is 3.26. The Labute approximate surface area is 95.9 Å². The minimum atomic E-state index is -0.116. The number of hydrogen-bond donors (Lipinski definition) is 0. The van der Waals surface area contributed by atoms with E-state index in [1.807, 2.05) is 24.3 Å². The third kappa shape index (κ3) is 2.96. The van der Waals surface area contributed by atoms with Crippen molar-refractivity contribution in [3.8, 4) is 5.75 Å². The zero-order valence-corrected chi connectivity index (χ0v) is 9.32. The number of carbonyl (C=O) groups excluding carboxylic acids is 1. The van der Waals surface area contributed by atoms with Gasteiger partial charge in [0.05, 0.1) is 0 Å². The lowest BCUT2D eigenvalue weighted by Crippen LogP contribution is -2.08. The smallest absolute Gasteiger partial charge is 0.311 e. The SMILES string of the molecule is O=C1CCCCC=CCc2ccccc2O1. The van der Waals surface area contributed by atoms with E-state index in [1.54, 1.807) is 0 Å². The molecule has 0 N–H and O–H groups in total. The zero-order chi connectivity index (χ0) is 11.2. The number of hydrogen-bond acceptors (Lipinski definition) is 2. The molecule has 0 bridgehead atoms. The molecule has 1 aromatic carbocycles. The van der Waals surface area contributed by atoms with E-state index in [0.717, 1.165) is 31.2 Å². The molecule has 2 nitrogen and oxygen atoms in total. The first-order chi connectivity index (χ1) is 7.86. The van der Waals surface area contributed by atoms with Gasteiger partial charge in [0, 0.05) is 6.42 Å². The summed E-state index contributed by atoms with van der Waals surface area (Å²) in [4.78, 5) is 11.5. The first-order valence-corrected chi connectivity index (χ1v) is 5.80. The van der Waals surface area contributed by atoms with Crippen molar-refractivity contribution in [1.82, 2.24) is 0 Å². The van der Waals surface area contributed by atoms with Crippen LogP contribution in [0.15, 0.2) is 36.4 Å². The maximum Gasteiger partial charge on any atom is 0.311 e. The van der Waals surface area contributed by atoms with Crippen LogP contribution in [0.2, 0.25) is 0 Å². The molecule has 0 saturated carbocycles. The lowest BCUT2D eigenvalue weighted by atomic mass is 10.1. The summed E-state index contributed by atoms with van der Waals surface area (Å²) in [6.07, 6.45) is 8.71. The molecule has 84 valence electrons. The third-order valence-electron chi connectivity index (χ3n) is 2.70. The summed E-state index contributed by atoms with van der Waals surface area (Å²) in [5.41, 5.74) is 1.08. The highest BCUT2D eigenvalue weighted by atomic mass is 16.5. The lowest BCUT2D eigenvalue weighted by molar-refractivity contribution is -0.134. The molecule has 0 radical (unpaired) electrons. The van der Waals surface area contributed by atoms with Gasteiger partial charge >= 0.3 is 5.97 Å². The highest BCUT2D eigenvalue weighted by molar-refractivity contribution is 5.72. The number of benzene rings is 1. The second-order valence-electron chi connectivity index (χ2n) is 4.00. The Morgan fingerprint density at radius 1 is 1.06 bits per heavy atom. The second kappa shape index (κ2) is 5.50. The van der Waals surface area contributed by atoms with E-state index in [4.69, 9.17) is 4.74 Å². The van der Waals surface area contributed by atoms with Gasteiger partial charge in [-0.3, -0.25) is 4.79 Å². The number of carbonyl (C=O) groups is 1. The fraction of sp³-hybridized carbons (Fsp3) is 0.357. The summed E-state index contributed by atoms with van der Waals surface area (Å²) in [5.74, 6) is 0.591. The van der Waals surface area contributed by atoms with Crippen LogP contribution < -0.4 is 4.74 Å². The van der Waals surface area contributed by atoms with Crippen LogP contribution in [0.1, 0.15) is 31.2 Å². The van der Waals surface area contributed by atoms with E-state index < -0.39 is 0 Å². The van der Waals surface area contributed by atoms with Gasteiger partial charge in [0.1, 0.15) is 5.75 Å². The maximum absolute atomic E-state index is 11.5. The number of para-hydroxylation sites is 1. The molecule has 1 aromatic rings. The molecule has 0 aliphatic carbocycles. The Morgan fingerprint density at radius 3 is 2.88 bits per heavy atom. The molecule has 2 rings (SSSR count). The van der Waals surface area contributed by atoms with Crippen molar-refractivity contribution in [2.24, 2.45) is 0 Å². The number of allylic oxidation sites excluding steroid dienone is 2. The van der Waals surface area contributed by atoms with E-state index in [1.165, 1.54) is 0 Å². The fourth-order valence-electron chi connectivity index (χ4n) is 1.81. The summed E-state index contributed by atoms with van der Waals surface area (Å²) in [6.45, 7) is 0. The van der Waals surface area contributed by atoms with Crippen LogP contribution in [0.3, 0.4) is 0 Å². The Bertz CT molecular complexity index is 393. The minimum Gasteiger partial charge on any atom is -0.426 e. The molecule has 0 amide bonds. The Hall–Kier alpha value is -1.57. The number of fused-ring (bicyclic) bond motifs is 1. The van der Waals surface area contributed by atoms with Crippen LogP contribution in [0.5, 0.6) is 5.75 Å². The van der Waals surface area contributed by atoms with Crippen LogP contribution in [-0.4, -0.2) is 5.97 Å². The molecule has 0 atom stereocenters. The largest absolute Gasteiger partial charge is 0.426 e. The predicted molar refractivity (Wildman–Crippen MR) is 63.4 cm³/mol. The lowest BCUT2D eigenvalue weighted by Gasteiger charge is -2.07. The number of ether oxygens (including phenoxy) is 1. The first-order valence-electron chi connectivity index (χ1n) is 5.80. The topological polar surface area (TPSA) is 26.3 Å². The van der Waals surface area contributed by atoms with Gasteiger partial charge in [-0.25, -0.2) is 0 Å². The van der Waals surface area contributed by atoms with E-state index in [2.05, 4.69) is 12.2 Å². The van der Waals surface area contributed by atoms with E-state index >= 15 is 0 Å². The highest BCUT2D eigenvalue weighted by Crippen LogP contribution is 2.20. The molecule has 1 heterocycles. The van der Waals surface area contributed by atoms with Crippen LogP contribution in [0.25, 0.3) is 0 Å². The average Bonchev–Trinajstić information content (AvgIpc) is 2.33. The molecule has 0 fully saturated rings. The summed E-state index contributed by atoms with van der Waals surface area (Å²) in [7, 11) is 0. The minimum absolute atomic E-state index is 0.116. The Balaban J connectivity index is 2.21. The van der Waals surface area contributed by atoms with Gasteiger partial charge < -0.3 is 4.74 Å². The zero-order valence-electron chi connectivity index (χ0n) is 9.32. The van der Waals surface area contributed by atoms with Crippen molar-refractivity contribution in [2.45, 2.75) is 32.1 Å². The molecule has 16 heavy (non-hydrogen) atoms. The molecule has 0 unspecified atom stereocenters. The summed E-state index contributed by atoms with van der Waals surface area (Å²) < 4.78 is 5.36. The molecule has 1 aliphatic heterocycles. The second-order valence-corrected chi connectivity index (χ2v) is 4.00. The molecular formula is C14H16O2. The molecule has 0 spiro atoms. The van der Waals surface area contributed by atoms with Crippen LogP contribution in [0, 0.1) is 0 Å². The van der Waals surface area contributed by atoms with Gasteiger partial charge in [-0.15, -0.1) is 0 Å². The molecule has 0 saturated heterocycles. The van der Waals surface area contributed by atoms with Gasteiger partial charge in [-0.2, -0.15) is 0 Å². The van der Waals surface area contributed by atoms with E-state index in [-0.39, 0.29) is 5.97 Å². The van der Waals surface area contributed by atoms with E-state index in [9.17, 15) is 4.79 Å². The quantitative estimate of drug-likeness (QED) is 0.378. The normalized spacial score (nSPS) is 17.1. The third-order valence-corrected chi connectivity index (χ3v) is 2.70. The van der Waals surface area contributed by atoms with Crippen molar-refractivity contribution in [2.75, 3.05) is 0 Å². The Morgan fingerprint density at radius 2 is 1.94 bits per heavy atom. The molecule has 2 heteroatoms. The van der Waals surface area contributed by atoms with Crippen molar-refractivity contribution in [1.29, 1.82) is 0 Å². The summed E-state index contributed by atoms with van der Waals surface area (Å²) >= 11 is 0. The molecule has 0 aromatic heterocycles. The number of rotatable bonds is 0. The van der Waals surface area contributed by atoms with Crippen LogP contribution in [-0.2, 0) is 11.2 Å². The van der Waals surface area contributed by atoms with Crippen LogP contribution >= 0.6 is 0 Å². The van der Waals surface area contributed by atoms with Crippen molar-refractivity contribution < 1.29 is 9.53 Å². The standard InChI is InChI=1S/C14H16O2/c15-14-11-5-3-1-2-4-8-12-9-6-7-10-13(12)16-14/h2,4,6-7,9-10H,1,3,5,8,11H2. The van der Waals surface area contributed by atoms with Gasteiger partial charge in [0.25, 0.3) is 0 Å². The molecular weight excluding hydrogens is 200 g/mol. The summed E-state index contributed by atoms with van der Waals surface area (Å²) in [5, 5.41) is 0. The summed E-state index contributed by atoms with van der Waals surface area (Å²) in [6, 6.07) is 7.74. The van der Waals surface area contributed by atoms with Gasteiger partial charge in [-0.05, 0) is 37.3 Å². The van der Waals surface area contributed by atoms with Crippen LogP contribution in [0.4, 0.5) is 0 Å². The monoisotopic (exact) mass is 216 g/mol.